The van der Waals surface area contributed by atoms with E-state index in [1.165, 1.54) is 36.3 Å². The largest absolute Gasteiger partial charge is 0.493 e. The van der Waals surface area contributed by atoms with Crippen molar-refractivity contribution in [1.82, 2.24) is 13.8 Å². The molecule has 0 N–H and O–H groups in total. The van der Waals surface area contributed by atoms with Crippen molar-refractivity contribution in [2.24, 2.45) is 5.41 Å². The normalized spacial score (nSPS) is 15.4. The van der Waals surface area contributed by atoms with Gasteiger partial charge in [0, 0.05) is 37.7 Å². The maximum absolute atomic E-state index is 13.7. The van der Waals surface area contributed by atoms with Gasteiger partial charge in [-0.15, -0.1) is 11.3 Å². The van der Waals surface area contributed by atoms with E-state index in [1.807, 2.05) is 0 Å². The first-order valence-electron chi connectivity index (χ1n) is 13.9. The van der Waals surface area contributed by atoms with Gasteiger partial charge in [0.15, 0.2) is 17.3 Å². The molecule has 4 rings (SSSR count). The van der Waals surface area contributed by atoms with Gasteiger partial charge in [0.1, 0.15) is 11.2 Å². The molecule has 1 saturated heterocycles. The van der Waals surface area contributed by atoms with Gasteiger partial charge >= 0.3 is 0 Å². The molecule has 44 heavy (non-hydrogen) atoms. The Morgan fingerprint density at radius 3 is 2.05 bits per heavy atom. The van der Waals surface area contributed by atoms with E-state index in [1.54, 1.807) is 74.2 Å². The van der Waals surface area contributed by atoms with Gasteiger partial charge < -0.3 is 19.1 Å². The highest BCUT2D eigenvalue weighted by Crippen LogP contribution is 2.38. The lowest BCUT2D eigenvalue weighted by molar-refractivity contribution is -0.133. The summed E-state index contributed by atoms with van der Waals surface area (Å²) in [5.74, 6) is 0.683. The molecule has 0 bridgehead atoms. The van der Waals surface area contributed by atoms with Crippen LogP contribution in [0.15, 0.2) is 52.2 Å². The molecule has 0 aliphatic carbocycles. The smallest absolute Gasteiger partial charge is 0.269 e. The Bertz CT molecular complexity index is 1790. The molecule has 0 saturated carbocycles. The first-order chi connectivity index (χ1) is 20.8. The van der Waals surface area contributed by atoms with E-state index in [0.29, 0.717) is 32.0 Å². The fraction of sp³-hybridized carbons (Fsp3) is 0.387. The number of methoxy groups -OCH3 is 3. The van der Waals surface area contributed by atoms with Crippen LogP contribution in [0.1, 0.15) is 26.3 Å². The molecule has 0 unspecified atom stereocenters. The van der Waals surface area contributed by atoms with E-state index in [4.69, 9.17) is 14.2 Å². The summed E-state index contributed by atoms with van der Waals surface area (Å²) in [6.07, 6.45) is 3.04. The van der Waals surface area contributed by atoms with Gasteiger partial charge in [0.05, 0.1) is 30.8 Å². The summed E-state index contributed by atoms with van der Waals surface area (Å²) in [7, 11) is 0.798. The Labute approximate surface area is 260 Å². The monoisotopic (exact) mass is 643 g/mol. The SMILES string of the molecule is COc1cc(/C=c2/s/c(=C\C(=O)C(C)(C)C)n(CC(=O)N3CCN(S(=O)(=O)c4ccccc4)CC3)c2=O)cc(OC)c1OC. The Kier molecular flexibility index (Phi) is 10.0. The fourth-order valence-corrected chi connectivity index (χ4v) is 7.10. The highest BCUT2D eigenvalue weighted by atomic mass is 32.2. The van der Waals surface area contributed by atoms with Crippen LogP contribution in [0.3, 0.4) is 0 Å². The van der Waals surface area contributed by atoms with E-state index < -0.39 is 21.0 Å². The van der Waals surface area contributed by atoms with Gasteiger partial charge in [-0.2, -0.15) is 4.31 Å². The fourth-order valence-electron chi connectivity index (χ4n) is 4.61. The van der Waals surface area contributed by atoms with E-state index in [0.717, 1.165) is 11.3 Å². The number of hydrogen-bond donors (Lipinski definition) is 0. The Morgan fingerprint density at radius 2 is 1.52 bits per heavy atom. The number of aromatic nitrogens is 1. The summed E-state index contributed by atoms with van der Waals surface area (Å²) < 4.78 is 45.6. The lowest BCUT2D eigenvalue weighted by Crippen LogP contribution is -2.52. The number of benzene rings is 2. The predicted molar refractivity (Wildman–Crippen MR) is 168 cm³/mol. The molecule has 0 spiro atoms. The highest BCUT2D eigenvalue weighted by Gasteiger charge is 2.30. The first-order valence-corrected chi connectivity index (χ1v) is 16.2. The summed E-state index contributed by atoms with van der Waals surface area (Å²) in [4.78, 5) is 41.8. The number of sulfonamides is 1. The molecule has 3 aromatic rings. The molecule has 1 aromatic heterocycles. The van der Waals surface area contributed by atoms with Crippen molar-refractivity contribution in [3.63, 3.8) is 0 Å². The van der Waals surface area contributed by atoms with Crippen molar-refractivity contribution in [3.8, 4) is 17.2 Å². The average Bonchev–Trinajstić information content (AvgIpc) is 3.29. The molecule has 1 aliphatic heterocycles. The van der Waals surface area contributed by atoms with Crippen molar-refractivity contribution in [2.45, 2.75) is 32.2 Å². The van der Waals surface area contributed by atoms with Crippen molar-refractivity contribution >= 4 is 45.2 Å². The number of hydrogen-bond acceptors (Lipinski definition) is 9. The maximum Gasteiger partial charge on any atom is 0.269 e. The van der Waals surface area contributed by atoms with E-state index in [2.05, 4.69) is 0 Å². The zero-order valence-corrected chi connectivity index (χ0v) is 27.3. The molecule has 2 heterocycles. The average molecular weight is 644 g/mol. The summed E-state index contributed by atoms with van der Waals surface area (Å²) in [6.45, 7) is 5.64. The Balaban J connectivity index is 1.66. The molecule has 1 aliphatic rings. The minimum absolute atomic E-state index is 0.128. The van der Waals surface area contributed by atoms with Gasteiger partial charge in [-0.25, -0.2) is 8.42 Å². The Morgan fingerprint density at radius 1 is 0.932 bits per heavy atom. The topological polar surface area (TPSA) is 124 Å². The van der Waals surface area contributed by atoms with Gasteiger partial charge in [0.25, 0.3) is 5.56 Å². The zero-order valence-electron chi connectivity index (χ0n) is 25.7. The lowest BCUT2D eigenvalue weighted by atomic mass is 9.91. The molecule has 1 fully saturated rings. The highest BCUT2D eigenvalue weighted by molar-refractivity contribution is 7.89. The number of Topliss-reactive ketones (excluding diaryl/α,β-unsaturated/α-hetero) is 1. The zero-order chi connectivity index (χ0) is 32.2. The quantitative estimate of drug-likeness (QED) is 0.345. The second-order valence-electron chi connectivity index (χ2n) is 11.2. The van der Waals surface area contributed by atoms with Gasteiger partial charge in [-0.05, 0) is 35.9 Å². The number of thiazole rings is 1. The number of nitrogens with zero attached hydrogens (tertiary/aromatic N) is 3. The molecule has 0 radical (unpaired) electrons. The third kappa shape index (κ3) is 7.06. The van der Waals surface area contributed by atoms with E-state index in [9.17, 15) is 22.8 Å². The van der Waals surface area contributed by atoms with Gasteiger partial charge in [-0.1, -0.05) is 39.0 Å². The summed E-state index contributed by atoms with van der Waals surface area (Å²) >= 11 is 1.10. The molecular weight excluding hydrogens is 606 g/mol. The van der Waals surface area contributed by atoms with Crippen molar-refractivity contribution in [2.75, 3.05) is 47.5 Å². The van der Waals surface area contributed by atoms with Crippen molar-refractivity contribution in [3.05, 3.63) is 67.6 Å². The minimum atomic E-state index is -3.68. The molecule has 1 amide bonds. The summed E-state index contributed by atoms with van der Waals surface area (Å²) in [5, 5.41) is 0. The number of amides is 1. The van der Waals surface area contributed by atoms with Crippen LogP contribution < -0.4 is 29.0 Å². The maximum atomic E-state index is 13.7. The van der Waals surface area contributed by atoms with Gasteiger partial charge in [-0.3, -0.25) is 19.0 Å². The van der Waals surface area contributed by atoms with Crippen molar-refractivity contribution in [1.29, 1.82) is 0 Å². The number of ether oxygens (including phenoxy) is 3. The lowest BCUT2D eigenvalue weighted by Gasteiger charge is -2.34. The molecule has 13 heteroatoms. The first kappa shape index (κ1) is 33.0. The van der Waals surface area contributed by atoms with Crippen LogP contribution >= 0.6 is 11.3 Å². The van der Waals surface area contributed by atoms with Crippen molar-refractivity contribution < 1.29 is 32.2 Å². The third-order valence-electron chi connectivity index (χ3n) is 7.18. The van der Waals surface area contributed by atoms with Crippen LogP contribution in [0, 0.1) is 5.41 Å². The summed E-state index contributed by atoms with van der Waals surface area (Å²) in [5.41, 5.74) is -0.535. The third-order valence-corrected chi connectivity index (χ3v) is 10.2. The minimum Gasteiger partial charge on any atom is -0.493 e. The van der Waals surface area contributed by atoms with E-state index >= 15 is 0 Å². The number of ketones is 1. The second kappa shape index (κ2) is 13.4. The predicted octanol–water partition coefficient (Wildman–Crippen LogP) is 1.69. The number of rotatable bonds is 9. The van der Waals surface area contributed by atoms with Crippen LogP contribution in [-0.2, 0) is 26.2 Å². The van der Waals surface area contributed by atoms with Crippen LogP contribution in [-0.4, -0.2) is 81.4 Å². The van der Waals surface area contributed by atoms with Crippen LogP contribution in [0.5, 0.6) is 17.2 Å². The molecule has 0 atom stereocenters. The molecule has 11 nitrogen and oxygen atoms in total. The second-order valence-corrected chi connectivity index (χ2v) is 14.2. The number of carbonyl (C=O) groups excluding carboxylic acids is 2. The molecular formula is C31H37N3O8S2. The van der Waals surface area contributed by atoms with E-state index in [-0.39, 0.29) is 49.3 Å². The number of carbonyl (C=O) groups is 2. The van der Waals surface area contributed by atoms with Crippen LogP contribution in [0.2, 0.25) is 0 Å². The standard InChI is InChI=1S/C31H37N3O8S2/c1-31(2,3)26(35)19-28-34(30(37)25(43-28)18-21-16-23(40-4)29(42-6)24(17-21)41-5)20-27(36)32-12-14-33(15-13-32)44(38,39)22-10-8-7-9-11-22/h7-11,16-19H,12-15,20H2,1-6H3/b25-18+,28-19-. The van der Waals surface area contributed by atoms with Crippen LogP contribution in [0.25, 0.3) is 12.2 Å². The molecule has 236 valence electrons. The molecule has 2 aromatic carbocycles. The van der Waals surface area contributed by atoms with Crippen LogP contribution in [0.4, 0.5) is 0 Å². The Hall–Kier alpha value is -3.94. The van der Waals surface area contributed by atoms with Gasteiger partial charge in [0.2, 0.25) is 21.7 Å². The number of piperazine rings is 1. The summed E-state index contributed by atoms with van der Waals surface area (Å²) in [6, 6.07) is 11.6.